The van der Waals surface area contributed by atoms with E-state index in [9.17, 15) is 8.42 Å². The topological polar surface area (TPSA) is 40.6 Å². The lowest BCUT2D eigenvalue weighted by Crippen LogP contribution is -2.48. The van der Waals surface area contributed by atoms with Crippen LogP contribution in [-0.4, -0.2) is 38.9 Å². The van der Waals surface area contributed by atoms with Crippen molar-refractivity contribution < 1.29 is 8.42 Å². The number of aryl methyl sites for hydroxylation is 1. The van der Waals surface area contributed by atoms with Gasteiger partial charge < -0.3 is 4.90 Å². The summed E-state index contributed by atoms with van der Waals surface area (Å²) in [6.07, 6.45) is 0. The summed E-state index contributed by atoms with van der Waals surface area (Å²) in [5, 5.41) is 1.13. The number of hydrogen-bond donors (Lipinski definition) is 0. The summed E-state index contributed by atoms with van der Waals surface area (Å²) in [5.41, 5.74) is 1.98. The minimum Gasteiger partial charge on any atom is -0.369 e. The van der Waals surface area contributed by atoms with Crippen molar-refractivity contribution in [2.75, 3.05) is 31.1 Å². The van der Waals surface area contributed by atoms with Crippen molar-refractivity contribution in [2.24, 2.45) is 0 Å². The van der Waals surface area contributed by atoms with E-state index >= 15 is 0 Å². The van der Waals surface area contributed by atoms with Crippen molar-refractivity contribution in [3.05, 3.63) is 56.0 Å². The first kappa shape index (κ1) is 20.1. The minimum atomic E-state index is -3.75. The van der Waals surface area contributed by atoms with Crippen LogP contribution in [0, 0.1) is 6.92 Å². The van der Waals surface area contributed by atoms with E-state index in [1.165, 1.54) is 16.4 Å². The molecule has 0 unspecified atom stereocenters. The van der Waals surface area contributed by atoms with Gasteiger partial charge in [-0.3, -0.25) is 0 Å². The van der Waals surface area contributed by atoms with Gasteiger partial charge in [-0.2, -0.15) is 4.31 Å². The van der Waals surface area contributed by atoms with Gasteiger partial charge >= 0.3 is 0 Å². The summed E-state index contributed by atoms with van der Waals surface area (Å²) < 4.78 is 27.2. The Bertz CT molecular complexity index is 942. The summed E-state index contributed by atoms with van der Waals surface area (Å²) in [6, 6.07) is 8.49. The normalized spacial score (nSPS) is 16.1. The second-order valence-electron chi connectivity index (χ2n) is 6.02. The van der Waals surface area contributed by atoms with Gasteiger partial charge in [0.25, 0.3) is 0 Å². The van der Waals surface area contributed by atoms with E-state index in [1.54, 1.807) is 0 Å². The molecule has 0 radical (unpaired) electrons. The van der Waals surface area contributed by atoms with Gasteiger partial charge in [0.05, 0.1) is 15.1 Å². The van der Waals surface area contributed by atoms with Crippen LogP contribution in [0.1, 0.15) is 5.56 Å². The SMILES string of the molecule is Cc1ccc(N2CCN(S(=O)(=O)c3cc(Cl)c(Cl)cc3Cl)CC2)cc1Cl. The Morgan fingerprint density at radius 1 is 0.808 bits per heavy atom. The maximum atomic E-state index is 12.9. The zero-order valence-electron chi connectivity index (χ0n) is 13.8. The molecule has 3 rings (SSSR count). The van der Waals surface area contributed by atoms with Gasteiger partial charge in [0.2, 0.25) is 10.0 Å². The average Bonchev–Trinajstić information content (AvgIpc) is 2.60. The Morgan fingerprint density at radius 2 is 1.42 bits per heavy atom. The molecule has 0 N–H and O–H groups in total. The van der Waals surface area contributed by atoms with Crippen molar-refractivity contribution in [3.8, 4) is 0 Å². The lowest BCUT2D eigenvalue weighted by Gasteiger charge is -2.35. The number of benzene rings is 2. The molecule has 9 heteroatoms. The van der Waals surface area contributed by atoms with Gasteiger partial charge in [0.1, 0.15) is 4.90 Å². The fourth-order valence-electron chi connectivity index (χ4n) is 2.81. The Labute approximate surface area is 173 Å². The maximum absolute atomic E-state index is 12.9. The summed E-state index contributed by atoms with van der Waals surface area (Å²) in [6.45, 7) is 3.72. The largest absolute Gasteiger partial charge is 0.369 e. The van der Waals surface area contributed by atoms with Crippen LogP contribution in [-0.2, 0) is 10.0 Å². The van der Waals surface area contributed by atoms with Crippen molar-refractivity contribution >= 4 is 62.1 Å². The third-order valence-corrected chi connectivity index (χ3v) is 7.84. The average molecular weight is 454 g/mol. The maximum Gasteiger partial charge on any atom is 0.244 e. The number of anilines is 1. The molecule has 1 aliphatic heterocycles. The molecule has 0 saturated carbocycles. The fourth-order valence-corrected chi connectivity index (χ4v) is 5.38. The highest BCUT2D eigenvalue weighted by Crippen LogP contribution is 2.33. The monoisotopic (exact) mass is 452 g/mol. The molecule has 1 heterocycles. The second-order valence-corrected chi connectivity index (χ2v) is 9.56. The number of piperazine rings is 1. The van der Waals surface area contributed by atoms with Crippen molar-refractivity contribution in [1.82, 2.24) is 4.31 Å². The molecule has 1 aliphatic rings. The van der Waals surface area contributed by atoms with E-state index < -0.39 is 10.0 Å². The smallest absolute Gasteiger partial charge is 0.244 e. The highest BCUT2D eigenvalue weighted by Gasteiger charge is 2.31. The van der Waals surface area contributed by atoms with Gasteiger partial charge in [-0.1, -0.05) is 52.5 Å². The van der Waals surface area contributed by atoms with E-state index in [2.05, 4.69) is 4.90 Å². The molecule has 0 aromatic heterocycles. The Kier molecular flexibility index (Phi) is 5.97. The van der Waals surface area contributed by atoms with Crippen LogP contribution in [0.25, 0.3) is 0 Å². The van der Waals surface area contributed by atoms with Gasteiger partial charge in [0, 0.05) is 36.9 Å². The predicted octanol–water partition coefficient (Wildman–Crippen LogP) is 5.12. The summed E-state index contributed by atoms with van der Waals surface area (Å²) >= 11 is 24.1. The lowest BCUT2D eigenvalue weighted by atomic mass is 10.2. The summed E-state index contributed by atoms with van der Waals surface area (Å²) in [5.74, 6) is 0. The Morgan fingerprint density at radius 3 is 2.04 bits per heavy atom. The summed E-state index contributed by atoms with van der Waals surface area (Å²) in [4.78, 5) is 2.08. The molecule has 1 saturated heterocycles. The molecule has 140 valence electrons. The van der Waals surface area contributed by atoms with E-state index in [1.807, 2.05) is 25.1 Å². The molecule has 0 aliphatic carbocycles. The van der Waals surface area contributed by atoms with Crippen molar-refractivity contribution in [3.63, 3.8) is 0 Å². The zero-order chi connectivity index (χ0) is 19.1. The molecular weight excluding hydrogens is 438 g/mol. The minimum absolute atomic E-state index is 0.0274. The molecule has 0 spiro atoms. The standard InChI is InChI=1S/C17H16Cl4N2O2S/c1-11-2-3-12(8-13(11)18)22-4-6-23(7-5-22)26(24,25)17-10-15(20)14(19)9-16(17)21/h2-3,8-10H,4-7H2,1H3. The molecule has 0 amide bonds. The Hall–Kier alpha value is -0.690. The molecule has 0 bridgehead atoms. The first-order chi connectivity index (χ1) is 12.2. The van der Waals surface area contributed by atoms with E-state index in [-0.39, 0.29) is 20.0 Å². The number of hydrogen-bond acceptors (Lipinski definition) is 3. The first-order valence-corrected chi connectivity index (χ1v) is 10.8. The quantitative estimate of drug-likeness (QED) is 0.605. The van der Waals surface area contributed by atoms with E-state index in [0.717, 1.165) is 11.3 Å². The highest BCUT2D eigenvalue weighted by molar-refractivity contribution is 7.89. The van der Waals surface area contributed by atoms with Crippen LogP contribution in [0.2, 0.25) is 20.1 Å². The van der Waals surface area contributed by atoms with Crippen LogP contribution in [0.5, 0.6) is 0 Å². The van der Waals surface area contributed by atoms with E-state index in [0.29, 0.717) is 31.2 Å². The summed E-state index contributed by atoms with van der Waals surface area (Å²) in [7, 11) is -3.75. The van der Waals surface area contributed by atoms with Crippen LogP contribution in [0.3, 0.4) is 0 Å². The third-order valence-electron chi connectivity index (χ3n) is 4.35. The van der Waals surface area contributed by atoms with Gasteiger partial charge in [-0.25, -0.2) is 8.42 Å². The fraction of sp³-hybridized carbons (Fsp3) is 0.294. The van der Waals surface area contributed by atoms with E-state index in [4.69, 9.17) is 46.4 Å². The Balaban J connectivity index is 1.78. The molecule has 1 fully saturated rings. The molecule has 4 nitrogen and oxygen atoms in total. The molecule has 26 heavy (non-hydrogen) atoms. The second kappa shape index (κ2) is 7.74. The van der Waals surface area contributed by atoms with Gasteiger partial charge in [-0.15, -0.1) is 0 Å². The predicted molar refractivity (Wildman–Crippen MR) is 109 cm³/mol. The molecular formula is C17H16Cl4N2O2S. The van der Waals surface area contributed by atoms with Crippen LogP contribution in [0.15, 0.2) is 35.2 Å². The molecule has 0 atom stereocenters. The lowest BCUT2D eigenvalue weighted by molar-refractivity contribution is 0.385. The molecule has 2 aromatic carbocycles. The van der Waals surface area contributed by atoms with Gasteiger partial charge in [-0.05, 0) is 36.8 Å². The number of nitrogens with zero attached hydrogens (tertiary/aromatic N) is 2. The van der Waals surface area contributed by atoms with Crippen LogP contribution >= 0.6 is 46.4 Å². The third kappa shape index (κ3) is 3.93. The molecule has 2 aromatic rings. The number of rotatable bonds is 3. The van der Waals surface area contributed by atoms with Crippen molar-refractivity contribution in [1.29, 1.82) is 0 Å². The van der Waals surface area contributed by atoms with Crippen LogP contribution < -0.4 is 4.90 Å². The number of sulfonamides is 1. The zero-order valence-corrected chi connectivity index (χ0v) is 17.7. The highest BCUT2D eigenvalue weighted by atomic mass is 35.5. The van der Waals surface area contributed by atoms with Crippen LogP contribution in [0.4, 0.5) is 5.69 Å². The van der Waals surface area contributed by atoms with Crippen molar-refractivity contribution in [2.45, 2.75) is 11.8 Å². The number of halogens is 4. The van der Waals surface area contributed by atoms with Gasteiger partial charge in [0.15, 0.2) is 0 Å². The first-order valence-electron chi connectivity index (χ1n) is 7.86.